The Labute approximate surface area is 227 Å². The number of likely N-dealkylation sites (tertiary alicyclic amines) is 1. The van der Waals surface area contributed by atoms with E-state index >= 15 is 0 Å². The van der Waals surface area contributed by atoms with Gasteiger partial charge in [0.15, 0.2) is 0 Å². The number of aryl methyl sites for hydroxylation is 1. The Morgan fingerprint density at radius 1 is 1.32 bits per heavy atom. The van der Waals surface area contributed by atoms with Crippen LogP contribution in [0.4, 0.5) is 5.69 Å². The first-order valence-electron chi connectivity index (χ1n) is 12.7. The molecule has 1 spiro atoms. The second kappa shape index (κ2) is 10.8. The van der Waals surface area contributed by atoms with Gasteiger partial charge in [0.25, 0.3) is 5.91 Å². The number of thioether (sulfide) groups is 1. The SMILES string of the molecule is C=CCCCOC(=O)[C@@H]1[C@H]2C(=O)N(CCO)C(C(=O)N(CC=C)c3c(C)cccc3Cl)C23CC[C@@]1(C)S3. The lowest BCUT2D eigenvalue weighted by Crippen LogP contribution is -2.55. The van der Waals surface area contributed by atoms with E-state index in [-0.39, 0.29) is 44.1 Å². The quantitative estimate of drug-likeness (QED) is 0.255. The van der Waals surface area contributed by atoms with Gasteiger partial charge in [0.2, 0.25) is 5.91 Å². The van der Waals surface area contributed by atoms with Gasteiger partial charge in [-0.25, -0.2) is 0 Å². The number of hydrogen-bond donors (Lipinski definition) is 1. The summed E-state index contributed by atoms with van der Waals surface area (Å²) in [7, 11) is 0. The van der Waals surface area contributed by atoms with Gasteiger partial charge >= 0.3 is 5.97 Å². The maximum absolute atomic E-state index is 14.4. The zero-order valence-corrected chi connectivity index (χ0v) is 23.0. The number of benzene rings is 1. The minimum absolute atomic E-state index is 0.00923. The third-order valence-electron chi connectivity index (χ3n) is 7.94. The van der Waals surface area contributed by atoms with Gasteiger partial charge in [-0.15, -0.1) is 24.9 Å². The topological polar surface area (TPSA) is 87.1 Å². The van der Waals surface area contributed by atoms with Crippen LogP contribution in [0.5, 0.6) is 0 Å². The van der Waals surface area contributed by atoms with Gasteiger partial charge in [0.05, 0.1) is 40.5 Å². The number of fused-ring (bicyclic) bond motifs is 1. The number of unbranched alkanes of at least 4 members (excludes halogenated alkanes) is 1. The number of nitrogens with zero attached hydrogens (tertiary/aromatic N) is 2. The summed E-state index contributed by atoms with van der Waals surface area (Å²) in [6, 6.07) is 4.59. The average molecular weight is 547 g/mol. The molecule has 2 amide bonds. The van der Waals surface area contributed by atoms with Crippen molar-refractivity contribution in [2.45, 2.75) is 55.1 Å². The molecule has 1 aromatic rings. The zero-order chi connectivity index (χ0) is 27.0. The lowest BCUT2D eigenvalue weighted by atomic mass is 9.66. The Morgan fingerprint density at radius 3 is 2.73 bits per heavy atom. The fourth-order valence-electron chi connectivity index (χ4n) is 6.43. The first-order chi connectivity index (χ1) is 17.7. The summed E-state index contributed by atoms with van der Waals surface area (Å²) in [5.41, 5.74) is 1.40. The monoisotopic (exact) mass is 546 g/mol. The second-order valence-corrected chi connectivity index (χ2v) is 12.5. The van der Waals surface area contributed by atoms with Crippen LogP contribution in [-0.2, 0) is 19.1 Å². The number of hydrogen-bond acceptors (Lipinski definition) is 6. The Kier molecular flexibility index (Phi) is 8.12. The molecule has 3 saturated heterocycles. The number of allylic oxidation sites excluding steroid dienone is 1. The molecule has 2 unspecified atom stereocenters. The van der Waals surface area contributed by atoms with Gasteiger partial charge in [-0.3, -0.25) is 14.4 Å². The Balaban J connectivity index is 1.75. The standard InChI is InChI=1S/C28H35ClN2O5S/c1-5-7-8-17-36-26(35)21-20-24(33)31(15-16-32)23(28(20)13-12-27(21,4)37-28)25(34)30(14-6-2)22-18(3)10-9-11-19(22)29/h5-6,9-11,20-21,23,32H,1-2,7-8,12-17H2,3-4H3/t20-,21-,23?,27+,28?/m0/s1. The summed E-state index contributed by atoms with van der Waals surface area (Å²) in [6.45, 7) is 11.6. The number of carbonyl (C=O) groups excluding carboxylic acids is 3. The van der Waals surface area contributed by atoms with Crippen LogP contribution in [0.25, 0.3) is 0 Å². The van der Waals surface area contributed by atoms with E-state index in [0.717, 1.165) is 12.0 Å². The van der Waals surface area contributed by atoms with E-state index in [2.05, 4.69) is 13.2 Å². The van der Waals surface area contributed by atoms with Crippen molar-refractivity contribution in [2.75, 3.05) is 31.2 Å². The van der Waals surface area contributed by atoms with Gasteiger partial charge in [-0.1, -0.05) is 35.9 Å². The number of para-hydroxylation sites is 1. The summed E-state index contributed by atoms with van der Waals surface area (Å²) >= 11 is 8.13. The molecule has 3 aliphatic heterocycles. The number of esters is 1. The number of carbonyl (C=O) groups is 3. The summed E-state index contributed by atoms with van der Waals surface area (Å²) in [5, 5.41) is 10.3. The summed E-state index contributed by atoms with van der Waals surface area (Å²) in [4.78, 5) is 44.8. The number of aliphatic hydroxyl groups is 1. The third-order valence-corrected chi connectivity index (χ3v) is 10.2. The first kappa shape index (κ1) is 27.7. The molecule has 0 radical (unpaired) electrons. The molecule has 2 bridgehead atoms. The number of ether oxygens (including phenoxy) is 1. The smallest absolute Gasteiger partial charge is 0.311 e. The molecule has 1 aromatic carbocycles. The highest BCUT2D eigenvalue weighted by Gasteiger charge is 2.77. The molecule has 0 aliphatic carbocycles. The second-order valence-electron chi connectivity index (χ2n) is 10.2. The number of β-amino-alcohol motifs (C(OH)–C–C–N with tert-alkyl or cyclic N) is 1. The molecule has 37 heavy (non-hydrogen) atoms. The molecule has 3 fully saturated rings. The summed E-state index contributed by atoms with van der Waals surface area (Å²) < 4.78 is 4.33. The molecule has 3 heterocycles. The van der Waals surface area contributed by atoms with Gasteiger partial charge in [0, 0.05) is 17.8 Å². The summed E-state index contributed by atoms with van der Waals surface area (Å²) in [6.07, 6.45) is 6.12. The largest absolute Gasteiger partial charge is 0.465 e. The van der Waals surface area contributed by atoms with Crippen LogP contribution in [0.3, 0.4) is 0 Å². The number of anilines is 1. The van der Waals surface area contributed by atoms with Crippen molar-refractivity contribution >= 4 is 46.8 Å². The minimum Gasteiger partial charge on any atom is -0.465 e. The van der Waals surface area contributed by atoms with Crippen molar-refractivity contribution in [3.05, 3.63) is 54.1 Å². The van der Waals surface area contributed by atoms with Crippen molar-refractivity contribution < 1.29 is 24.2 Å². The molecule has 1 N–H and O–H groups in total. The molecule has 4 rings (SSSR count). The van der Waals surface area contributed by atoms with Crippen LogP contribution in [0.15, 0.2) is 43.5 Å². The molecule has 0 aromatic heterocycles. The first-order valence-corrected chi connectivity index (χ1v) is 13.9. The van der Waals surface area contributed by atoms with E-state index in [9.17, 15) is 19.5 Å². The molecule has 7 nitrogen and oxygen atoms in total. The molecule has 200 valence electrons. The van der Waals surface area contributed by atoms with Crippen molar-refractivity contribution in [3.8, 4) is 0 Å². The number of amides is 2. The highest BCUT2D eigenvalue weighted by Crippen LogP contribution is 2.71. The normalized spacial score (nSPS) is 29.8. The molecule has 5 atom stereocenters. The van der Waals surface area contributed by atoms with E-state index in [1.54, 1.807) is 34.9 Å². The third kappa shape index (κ3) is 4.51. The van der Waals surface area contributed by atoms with Gasteiger partial charge in [-0.05, 0) is 51.2 Å². The number of aliphatic hydroxyl groups excluding tert-OH is 1. The Hall–Kier alpha value is -2.29. The van der Waals surface area contributed by atoms with Crippen molar-refractivity contribution in [2.24, 2.45) is 11.8 Å². The van der Waals surface area contributed by atoms with E-state index in [4.69, 9.17) is 16.3 Å². The summed E-state index contributed by atoms with van der Waals surface area (Å²) in [5.74, 6) is -2.29. The van der Waals surface area contributed by atoms with Gasteiger partial charge < -0.3 is 19.6 Å². The zero-order valence-electron chi connectivity index (χ0n) is 21.5. The van der Waals surface area contributed by atoms with E-state index in [1.807, 2.05) is 26.0 Å². The van der Waals surface area contributed by atoms with Crippen LogP contribution < -0.4 is 4.90 Å². The maximum atomic E-state index is 14.4. The van der Waals surface area contributed by atoms with Crippen LogP contribution in [0, 0.1) is 18.8 Å². The minimum atomic E-state index is -0.849. The van der Waals surface area contributed by atoms with Crippen molar-refractivity contribution in [3.63, 3.8) is 0 Å². The highest BCUT2D eigenvalue weighted by molar-refractivity contribution is 8.02. The average Bonchev–Trinajstić information content (AvgIpc) is 3.42. The van der Waals surface area contributed by atoms with Crippen molar-refractivity contribution in [1.82, 2.24) is 4.90 Å². The van der Waals surface area contributed by atoms with E-state index < -0.39 is 27.4 Å². The number of halogens is 1. The predicted molar refractivity (Wildman–Crippen MR) is 147 cm³/mol. The lowest BCUT2D eigenvalue weighted by molar-refractivity contribution is -0.155. The molecule has 9 heteroatoms. The van der Waals surface area contributed by atoms with Crippen LogP contribution in [-0.4, -0.2) is 69.6 Å². The van der Waals surface area contributed by atoms with Crippen LogP contribution >= 0.6 is 23.4 Å². The fourth-order valence-corrected chi connectivity index (χ4v) is 9.10. The predicted octanol–water partition coefficient (Wildman–Crippen LogP) is 4.15. The molecule has 3 aliphatic rings. The highest BCUT2D eigenvalue weighted by atomic mass is 35.5. The molecule has 0 saturated carbocycles. The van der Waals surface area contributed by atoms with Crippen LogP contribution in [0.2, 0.25) is 5.02 Å². The van der Waals surface area contributed by atoms with E-state index in [1.165, 1.54) is 4.90 Å². The fraction of sp³-hybridized carbons (Fsp3) is 0.536. The molecular weight excluding hydrogens is 512 g/mol. The number of rotatable bonds is 11. The van der Waals surface area contributed by atoms with Gasteiger partial charge in [0.1, 0.15) is 6.04 Å². The van der Waals surface area contributed by atoms with Crippen LogP contribution in [0.1, 0.15) is 38.2 Å². The lowest BCUT2D eigenvalue weighted by Gasteiger charge is -2.37. The Morgan fingerprint density at radius 2 is 2.08 bits per heavy atom. The molecular formula is C28H35ClN2O5S. The Bertz CT molecular complexity index is 1090. The van der Waals surface area contributed by atoms with Gasteiger partial charge in [-0.2, -0.15) is 0 Å². The van der Waals surface area contributed by atoms with E-state index in [0.29, 0.717) is 30.0 Å². The maximum Gasteiger partial charge on any atom is 0.311 e. The van der Waals surface area contributed by atoms with Crippen molar-refractivity contribution in [1.29, 1.82) is 0 Å².